The predicted octanol–water partition coefficient (Wildman–Crippen LogP) is 4.08. The molecule has 5 atom stereocenters. The molecule has 0 aliphatic heterocycles. The van der Waals surface area contributed by atoms with Crippen LogP contribution >= 0.6 is 0 Å². The van der Waals surface area contributed by atoms with Crippen LogP contribution in [-0.2, 0) is 10.8 Å². The molecule has 0 spiro atoms. The van der Waals surface area contributed by atoms with Gasteiger partial charge in [-0.05, 0) is 44.2 Å². The Morgan fingerprint density at radius 1 is 1.20 bits per heavy atom. The maximum atomic E-state index is 12.7. The van der Waals surface area contributed by atoms with Crippen molar-refractivity contribution in [3.63, 3.8) is 0 Å². The largest absolute Gasteiger partial charge is 0.573 e. The van der Waals surface area contributed by atoms with Gasteiger partial charge in [-0.1, -0.05) is 31.5 Å². The maximum absolute atomic E-state index is 12.7. The summed E-state index contributed by atoms with van der Waals surface area (Å²) in [6, 6.07) is 6.51. The number of benzene rings is 1. The summed E-state index contributed by atoms with van der Waals surface area (Å²) in [5, 5.41) is 7.03. The van der Waals surface area contributed by atoms with Crippen LogP contribution in [0.4, 0.5) is 13.2 Å². The Labute approximate surface area is 178 Å². The first-order valence-corrected chi connectivity index (χ1v) is 12.0. The summed E-state index contributed by atoms with van der Waals surface area (Å²) in [4.78, 5) is 4.51. The Balaban J connectivity index is 1.60. The molecule has 2 saturated carbocycles. The zero-order chi connectivity index (χ0) is 21.7. The Kier molecular flexibility index (Phi) is 7.65. The minimum atomic E-state index is -4.71. The van der Waals surface area contributed by atoms with E-state index >= 15 is 0 Å². The molecule has 3 rings (SSSR count). The summed E-state index contributed by atoms with van der Waals surface area (Å²) in [6.07, 6.45) is -0.121. The normalized spacial score (nSPS) is 28.0. The summed E-state index contributed by atoms with van der Waals surface area (Å²) >= 11 is 0. The number of para-hydroxylation sites is 1. The molecule has 0 saturated heterocycles. The topological polar surface area (TPSA) is 62.7 Å². The lowest BCUT2D eigenvalue weighted by atomic mass is 9.95. The molecule has 5 nitrogen and oxygen atoms in total. The molecule has 0 aromatic heterocycles. The van der Waals surface area contributed by atoms with E-state index in [2.05, 4.69) is 20.4 Å². The number of aliphatic imine (C=N–C) groups is 1. The van der Waals surface area contributed by atoms with E-state index in [9.17, 15) is 17.4 Å². The molecule has 2 aliphatic carbocycles. The Morgan fingerprint density at radius 3 is 2.67 bits per heavy atom. The minimum Gasteiger partial charge on any atom is -0.405 e. The van der Waals surface area contributed by atoms with Crippen LogP contribution in [0, 0.1) is 0 Å². The average Bonchev–Trinajstić information content (AvgIpc) is 3.45. The molecular weight excluding hydrogens is 415 g/mol. The van der Waals surface area contributed by atoms with Gasteiger partial charge >= 0.3 is 6.36 Å². The molecule has 0 amide bonds. The van der Waals surface area contributed by atoms with Crippen molar-refractivity contribution in [1.82, 2.24) is 10.6 Å². The van der Waals surface area contributed by atoms with E-state index in [1.54, 1.807) is 18.2 Å². The highest BCUT2D eigenvalue weighted by Crippen LogP contribution is 2.45. The third-order valence-electron chi connectivity index (χ3n) is 5.60. The van der Waals surface area contributed by atoms with Crippen molar-refractivity contribution in [1.29, 1.82) is 0 Å². The molecule has 2 N–H and O–H groups in total. The van der Waals surface area contributed by atoms with Crippen LogP contribution in [0.1, 0.15) is 57.4 Å². The van der Waals surface area contributed by atoms with Crippen molar-refractivity contribution in [3.05, 3.63) is 29.8 Å². The Morgan fingerprint density at radius 2 is 1.97 bits per heavy atom. The zero-order valence-electron chi connectivity index (χ0n) is 17.4. The molecule has 0 bridgehead atoms. The number of hydrogen-bond acceptors (Lipinski definition) is 3. The van der Waals surface area contributed by atoms with Gasteiger partial charge in [0.15, 0.2) is 5.96 Å². The summed E-state index contributed by atoms with van der Waals surface area (Å²) in [5.74, 6) is 1.15. The molecular formula is C21H30F3N3O2S. The number of alkyl halides is 3. The number of halogens is 3. The van der Waals surface area contributed by atoms with Gasteiger partial charge < -0.3 is 15.4 Å². The lowest BCUT2D eigenvalue weighted by Crippen LogP contribution is -2.47. The maximum Gasteiger partial charge on any atom is 0.573 e. The fourth-order valence-corrected chi connectivity index (χ4v) is 5.46. The highest BCUT2D eigenvalue weighted by Gasteiger charge is 2.42. The molecule has 30 heavy (non-hydrogen) atoms. The van der Waals surface area contributed by atoms with Crippen LogP contribution in [-0.4, -0.2) is 46.2 Å². The highest BCUT2D eigenvalue weighted by molar-refractivity contribution is 7.85. The monoisotopic (exact) mass is 445 g/mol. The molecule has 5 unspecified atom stereocenters. The van der Waals surface area contributed by atoms with Crippen LogP contribution < -0.4 is 15.4 Å². The van der Waals surface area contributed by atoms with E-state index in [0.29, 0.717) is 23.8 Å². The SMILES string of the molecule is CCN=C(NC1CCCC(S(=O)CC)C1)NC1CC1c1ccccc1OC(F)(F)F. The summed E-state index contributed by atoms with van der Waals surface area (Å²) in [5.41, 5.74) is 0.555. The Bertz CT molecular complexity index is 772. The van der Waals surface area contributed by atoms with Crippen LogP contribution in [0.2, 0.25) is 0 Å². The van der Waals surface area contributed by atoms with E-state index in [1.807, 2.05) is 13.8 Å². The molecule has 2 aliphatic rings. The van der Waals surface area contributed by atoms with Crippen LogP contribution in [0.25, 0.3) is 0 Å². The lowest BCUT2D eigenvalue weighted by Gasteiger charge is -2.30. The summed E-state index contributed by atoms with van der Waals surface area (Å²) in [6.45, 7) is 4.49. The fourth-order valence-electron chi connectivity index (χ4n) is 4.11. The molecule has 1 aromatic carbocycles. The van der Waals surface area contributed by atoms with E-state index in [0.717, 1.165) is 32.1 Å². The van der Waals surface area contributed by atoms with Gasteiger partial charge in [0.25, 0.3) is 0 Å². The van der Waals surface area contributed by atoms with Gasteiger partial charge in [0.1, 0.15) is 5.75 Å². The van der Waals surface area contributed by atoms with Crippen LogP contribution in [0.5, 0.6) is 5.75 Å². The fraction of sp³-hybridized carbons (Fsp3) is 0.667. The van der Waals surface area contributed by atoms with Crippen molar-refractivity contribution in [3.8, 4) is 5.75 Å². The second-order valence-corrected chi connectivity index (χ2v) is 9.81. The Hall–Kier alpha value is -1.77. The van der Waals surface area contributed by atoms with Crippen molar-refractivity contribution < 1.29 is 22.1 Å². The number of guanidine groups is 1. The number of hydrogen-bond donors (Lipinski definition) is 2. The predicted molar refractivity (Wildman–Crippen MR) is 113 cm³/mol. The van der Waals surface area contributed by atoms with Crippen molar-refractivity contribution >= 4 is 16.8 Å². The lowest BCUT2D eigenvalue weighted by molar-refractivity contribution is -0.274. The molecule has 0 radical (unpaired) electrons. The molecule has 0 heterocycles. The zero-order valence-corrected chi connectivity index (χ0v) is 18.2. The van der Waals surface area contributed by atoms with Crippen LogP contribution in [0.15, 0.2) is 29.3 Å². The number of ether oxygens (including phenoxy) is 1. The molecule has 2 fully saturated rings. The van der Waals surface area contributed by atoms with Crippen molar-refractivity contribution in [2.24, 2.45) is 4.99 Å². The third-order valence-corrected chi connectivity index (χ3v) is 7.34. The number of nitrogens with one attached hydrogen (secondary N) is 2. The van der Waals surface area contributed by atoms with E-state index in [4.69, 9.17) is 0 Å². The molecule has 1 aromatic rings. The van der Waals surface area contributed by atoms with Gasteiger partial charge in [0.05, 0.1) is 0 Å². The quantitative estimate of drug-likeness (QED) is 0.491. The number of rotatable bonds is 7. The standard InChI is InChI=1S/C21H30F3N3O2S/c1-3-25-20(26-14-8-7-9-15(12-14)30(28)4-2)27-18-13-17(18)16-10-5-6-11-19(16)29-21(22,23)24/h5-6,10-11,14-15,17-18H,3-4,7-9,12-13H2,1-2H3,(H2,25,26,27). The van der Waals surface area contributed by atoms with E-state index in [1.165, 1.54) is 6.07 Å². The van der Waals surface area contributed by atoms with E-state index in [-0.39, 0.29) is 29.0 Å². The van der Waals surface area contributed by atoms with Gasteiger partial charge in [-0.25, -0.2) is 0 Å². The highest BCUT2D eigenvalue weighted by atomic mass is 32.2. The average molecular weight is 446 g/mol. The summed E-state index contributed by atoms with van der Waals surface area (Å²) in [7, 11) is -0.799. The van der Waals surface area contributed by atoms with Gasteiger partial charge in [-0.2, -0.15) is 0 Å². The van der Waals surface area contributed by atoms with Gasteiger partial charge in [0.2, 0.25) is 0 Å². The smallest absolute Gasteiger partial charge is 0.405 e. The third kappa shape index (κ3) is 6.36. The van der Waals surface area contributed by atoms with Crippen molar-refractivity contribution in [2.75, 3.05) is 12.3 Å². The van der Waals surface area contributed by atoms with Gasteiger partial charge in [0, 0.05) is 46.3 Å². The van der Waals surface area contributed by atoms with Gasteiger partial charge in [-0.15, -0.1) is 13.2 Å². The first-order valence-electron chi connectivity index (χ1n) is 10.6. The van der Waals surface area contributed by atoms with E-state index < -0.39 is 17.2 Å². The summed E-state index contributed by atoms with van der Waals surface area (Å²) < 4.78 is 54.5. The number of nitrogens with zero attached hydrogens (tertiary/aromatic N) is 1. The molecule has 168 valence electrons. The minimum absolute atomic E-state index is 0.00458. The molecule has 9 heteroatoms. The van der Waals surface area contributed by atoms with Crippen LogP contribution in [0.3, 0.4) is 0 Å². The second-order valence-electron chi connectivity index (χ2n) is 7.80. The second kappa shape index (κ2) is 10.0. The van der Waals surface area contributed by atoms with Crippen molar-refractivity contribution in [2.45, 2.75) is 75.6 Å². The first-order chi connectivity index (χ1) is 14.3. The van der Waals surface area contributed by atoms with Gasteiger partial charge in [-0.3, -0.25) is 9.20 Å². The first kappa shape index (κ1) is 22.9.